The SMILES string of the molecule is CCC1CCCNC1CN. The van der Waals surface area contributed by atoms with Crippen LogP contribution in [0, 0.1) is 5.92 Å². The molecule has 1 heterocycles. The highest BCUT2D eigenvalue weighted by molar-refractivity contribution is 4.80. The first-order valence-corrected chi connectivity index (χ1v) is 4.32. The zero-order chi connectivity index (χ0) is 7.40. The van der Waals surface area contributed by atoms with Crippen LogP contribution in [-0.2, 0) is 0 Å². The van der Waals surface area contributed by atoms with Crippen LogP contribution in [0.4, 0.5) is 0 Å². The van der Waals surface area contributed by atoms with Crippen molar-refractivity contribution >= 4 is 0 Å². The Kier molecular flexibility index (Phi) is 3.16. The third-order valence-electron chi connectivity index (χ3n) is 2.51. The summed E-state index contributed by atoms with van der Waals surface area (Å²) in [4.78, 5) is 0. The number of hydrogen-bond donors (Lipinski definition) is 2. The second kappa shape index (κ2) is 3.94. The van der Waals surface area contributed by atoms with Crippen molar-refractivity contribution < 1.29 is 0 Å². The van der Waals surface area contributed by atoms with Crippen molar-refractivity contribution in [3.05, 3.63) is 0 Å². The van der Waals surface area contributed by atoms with Gasteiger partial charge in [0.2, 0.25) is 0 Å². The fraction of sp³-hybridized carbons (Fsp3) is 1.00. The zero-order valence-corrected chi connectivity index (χ0v) is 6.77. The van der Waals surface area contributed by atoms with Crippen molar-refractivity contribution in [2.45, 2.75) is 32.2 Å². The lowest BCUT2D eigenvalue weighted by Gasteiger charge is -2.30. The van der Waals surface area contributed by atoms with Gasteiger partial charge >= 0.3 is 0 Å². The van der Waals surface area contributed by atoms with Crippen molar-refractivity contribution in [1.82, 2.24) is 5.32 Å². The van der Waals surface area contributed by atoms with Crippen LogP contribution in [0.2, 0.25) is 0 Å². The molecule has 1 aliphatic rings. The average molecular weight is 142 g/mol. The Labute approximate surface area is 63.2 Å². The highest BCUT2D eigenvalue weighted by Gasteiger charge is 2.20. The van der Waals surface area contributed by atoms with Crippen molar-refractivity contribution in [2.24, 2.45) is 11.7 Å². The Hall–Kier alpha value is -0.0800. The summed E-state index contributed by atoms with van der Waals surface area (Å²) in [5.74, 6) is 0.832. The number of rotatable bonds is 2. The summed E-state index contributed by atoms with van der Waals surface area (Å²) in [6.07, 6.45) is 3.97. The van der Waals surface area contributed by atoms with E-state index in [1.165, 1.54) is 25.8 Å². The quantitative estimate of drug-likeness (QED) is 0.596. The Bertz CT molecular complexity index is 81.3. The predicted molar refractivity (Wildman–Crippen MR) is 43.9 cm³/mol. The van der Waals surface area contributed by atoms with E-state index in [-0.39, 0.29) is 0 Å². The van der Waals surface area contributed by atoms with E-state index in [1.807, 2.05) is 0 Å². The molecule has 3 N–H and O–H groups in total. The minimum absolute atomic E-state index is 0.596. The maximum atomic E-state index is 5.61. The lowest BCUT2D eigenvalue weighted by atomic mass is 9.89. The minimum atomic E-state index is 0.596. The van der Waals surface area contributed by atoms with E-state index in [9.17, 15) is 0 Å². The summed E-state index contributed by atoms with van der Waals surface area (Å²) in [5, 5.41) is 3.44. The van der Waals surface area contributed by atoms with Crippen LogP contribution in [0.15, 0.2) is 0 Å². The molecule has 2 atom stereocenters. The van der Waals surface area contributed by atoms with E-state index in [0.717, 1.165) is 12.5 Å². The van der Waals surface area contributed by atoms with Gasteiger partial charge in [0.1, 0.15) is 0 Å². The fourth-order valence-corrected chi connectivity index (χ4v) is 1.78. The molecule has 0 aromatic carbocycles. The molecule has 2 unspecified atom stereocenters. The zero-order valence-electron chi connectivity index (χ0n) is 6.77. The average Bonchev–Trinajstić information content (AvgIpc) is 2.04. The van der Waals surface area contributed by atoms with E-state index < -0.39 is 0 Å². The largest absolute Gasteiger partial charge is 0.329 e. The highest BCUT2D eigenvalue weighted by Crippen LogP contribution is 2.18. The van der Waals surface area contributed by atoms with Gasteiger partial charge in [-0.2, -0.15) is 0 Å². The molecule has 1 fully saturated rings. The van der Waals surface area contributed by atoms with E-state index in [2.05, 4.69) is 12.2 Å². The third kappa shape index (κ3) is 1.70. The van der Waals surface area contributed by atoms with Crippen LogP contribution in [0.5, 0.6) is 0 Å². The summed E-state index contributed by atoms with van der Waals surface area (Å²) < 4.78 is 0. The summed E-state index contributed by atoms with van der Waals surface area (Å²) in [6, 6.07) is 0.596. The molecule has 0 radical (unpaired) electrons. The van der Waals surface area contributed by atoms with Crippen LogP contribution in [0.1, 0.15) is 26.2 Å². The minimum Gasteiger partial charge on any atom is -0.329 e. The topological polar surface area (TPSA) is 38.0 Å². The summed E-state index contributed by atoms with van der Waals surface area (Å²) in [6.45, 7) is 4.22. The molecule has 0 aromatic heterocycles. The Morgan fingerprint density at radius 1 is 1.60 bits per heavy atom. The van der Waals surface area contributed by atoms with Crippen molar-refractivity contribution in [3.63, 3.8) is 0 Å². The molecule has 0 saturated carbocycles. The normalized spacial score (nSPS) is 34.2. The Morgan fingerprint density at radius 3 is 2.90 bits per heavy atom. The van der Waals surface area contributed by atoms with Crippen LogP contribution in [0.25, 0.3) is 0 Å². The first kappa shape index (κ1) is 8.02. The summed E-state index contributed by atoms with van der Waals surface area (Å²) in [5.41, 5.74) is 5.61. The van der Waals surface area contributed by atoms with Crippen LogP contribution >= 0.6 is 0 Å². The Balaban J connectivity index is 2.34. The van der Waals surface area contributed by atoms with E-state index in [0.29, 0.717) is 6.04 Å². The number of nitrogens with one attached hydrogen (secondary N) is 1. The molecule has 1 rings (SSSR count). The Morgan fingerprint density at radius 2 is 2.40 bits per heavy atom. The molecule has 0 amide bonds. The molecule has 0 aliphatic carbocycles. The van der Waals surface area contributed by atoms with Gasteiger partial charge in [-0.3, -0.25) is 0 Å². The summed E-state index contributed by atoms with van der Waals surface area (Å²) >= 11 is 0. The summed E-state index contributed by atoms with van der Waals surface area (Å²) in [7, 11) is 0. The molecule has 2 heteroatoms. The number of piperidine rings is 1. The number of nitrogens with two attached hydrogens (primary N) is 1. The van der Waals surface area contributed by atoms with E-state index in [1.54, 1.807) is 0 Å². The van der Waals surface area contributed by atoms with Crippen LogP contribution in [-0.4, -0.2) is 19.1 Å². The van der Waals surface area contributed by atoms with Gasteiger partial charge in [-0.05, 0) is 25.3 Å². The third-order valence-corrected chi connectivity index (χ3v) is 2.51. The van der Waals surface area contributed by atoms with Crippen molar-refractivity contribution in [2.75, 3.05) is 13.1 Å². The molecule has 2 nitrogen and oxygen atoms in total. The molecule has 10 heavy (non-hydrogen) atoms. The first-order chi connectivity index (χ1) is 4.88. The smallest absolute Gasteiger partial charge is 0.0218 e. The molecule has 1 saturated heterocycles. The first-order valence-electron chi connectivity index (χ1n) is 4.32. The van der Waals surface area contributed by atoms with Gasteiger partial charge in [0.05, 0.1) is 0 Å². The van der Waals surface area contributed by atoms with Crippen molar-refractivity contribution in [3.8, 4) is 0 Å². The van der Waals surface area contributed by atoms with Crippen molar-refractivity contribution in [1.29, 1.82) is 0 Å². The second-order valence-corrected chi connectivity index (χ2v) is 3.11. The molecule has 1 aliphatic heterocycles. The van der Waals surface area contributed by atoms with E-state index >= 15 is 0 Å². The highest BCUT2D eigenvalue weighted by atomic mass is 14.9. The van der Waals surface area contributed by atoms with Crippen LogP contribution < -0.4 is 11.1 Å². The lowest BCUT2D eigenvalue weighted by molar-refractivity contribution is 0.278. The van der Waals surface area contributed by atoms with E-state index in [4.69, 9.17) is 5.73 Å². The lowest BCUT2D eigenvalue weighted by Crippen LogP contribution is -2.45. The van der Waals surface area contributed by atoms with Gasteiger partial charge in [-0.15, -0.1) is 0 Å². The fourth-order valence-electron chi connectivity index (χ4n) is 1.78. The van der Waals surface area contributed by atoms with Gasteiger partial charge in [-0.25, -0.2) is 0 Å². The monoisotopic (exact) mass is 142 g/mol. The van der Waals surface area contributed by atoms with Gasteiger partial charge in [0, 0.05) is 12.6 Å². The molecule has 60 valence electrons. The molecule has 0 spiro atoms. The second-order valence-electron chi connectivity index (χ2n) is 3.11. The van der Waals surface area contributed by atoms with Gasteiger partial charge < -0.3 is 11.1 Å². The number of hydrogen-bond acceptors (Lipinski definition) is 2. The van der Waals surface area contributed by atoms with Gasteiger partial charge in [-0.1, -0.05) is 13.3 Å². The molecular weight excluding hydrogens is 124 g/mol. The molecular formula is C8H18N2. The molecule has 0 bridgehead atoms. The van der Waals surface area contributed by atoms with Gasteiger partial charge in [0.15, 0.2) is 0 Å². The predicted octanol–water partition coefficient (Wildman–Crippen LogP) is 0.723. The van der Waals surface area contributed by atoms with Crippen LogP contribution in [0.3, 0.4) is 0 Å². The standard InChI is InChI=1S/C8H18N2/c1-2-7-4-3-5-10-8(7)6-9/h7-8,10H,2-6,9H2,1H3. The van der Waals surface area contributed by atoms with Gasteiger partial charge in [0.25, 0.3) is 0 Å². The maximum absolute atomic E-state index is 5.61. The molecule has 0 aromatic rings. The maximum Gasteiger partial charge on any atom is 0.0218 e.